The van der Waals surface area contributed by atoms with Crippen LogP contribution in [0, 0.1) is 13.8 Å². The van der Waals surface area contributed by atoms with Gasteiger partial charge in [-0.3, -0.25) is 9.69 Å². The van der Waals surface area contributed by atoms with Crippen LogP contribution in [0.1, 0.15) is 40.5 Å². The summed E-state index contributed by atoms with van der Waals surface area (Å²) in [6.45, 7) is 5.04. The predicted octanol–water partition coefficient (Wildman–Crippen LogP) is 4.00. The molecule has 2 atom stereocenters. The van der Waals surface area contributed by atoms with Crippen molar-refractivity contribution in [3.63, 3.8) is 0 Å². The molecule has 1 saturated heterocycles. The predicted molar refractivity (Wildman–Crippen MR) is 89.4 cm³/mol. The van der Waals surface area contributed by atoms with Crippen molar-refractivity contribution in [1.82, 2.24) is 4.90 Å². The molecule has 0 spiro atoms. The second kappa shape index (κ2) is 6.23. The van der Waals surface area contributed by atoms with E-state index in [4.69, 9.17) is 0 Å². The quantitative estimate of drug-likeness (QED) is 0.927. The third kappa shape index (κ3) is 2.94. The molecule has 2 unspecified atom stereocenters. The van der Waals surface area contributed by atoms with Crippen LogP contribution in [-0.4, -0.2) is 28.6 Å². The van der Waals surface area contributed by atoms with E-state index in [1.54, 1.807) is 11.3 Å². The number of carbonyl (C=O) groups is 1. The van der Waals surface area contributed by atoms with Crippen LogP contribution >= 0.6 is 11.3 Å². The van der Waals surface area contributed by atoms with Gasteiger partial charge in [-0.25, -0.2) is 0 Å². The molecule has 1 N–H and O–H groups in total. The molecule has 3 rings (SSSR count). The molecule has 0 radical (unpaired) electrons. The van der Waals surface area contributed by atoms with Gasteiger partial charge in [0.05, 0.1) is 6.04 Å². The van der Waals surface area contributed by atoms with Crippen LogP contribution in [0.15, 0.2) is 35.7 Å². The Bertz CT molecular complexity index is 645. The molecule has 1 aromatic carbocycles. The number of hydrogen-bond donors (Lipinski definition) is 1. The van der Waals surface area contributed by atoms with Crippen molar-refractivity contribution < 1.29 is 9.90 Å². The summed E-state index contributed by atoms with van der Waals surface area (Å²) < 4.78 is 0. The lowest BCUT2D eigenvalue weighted by atomic mass is 9.98. The molecule has 1 aliphatic heterocycles. The molecule has 0 amide bonds. The highest BCUT2D eigenvalue weighted by Gasteiger charge is 2.37. The summed E-state index contributed by atoms with van der Waals surface area (Å²) >= 11 is 1.70. The first kappa shape index (κ1) is 15.3. The molecular formula is C18H21NO2S. The van der Waals surface area contributed by atoms with Crippen molar-refractivity contribution >= 4 is 17.3 Å². The number of aryl methyl sites for hydroxylation is 2. The molecule has 0 bridgehead atoms. The summed E-state index contributed by atoms with van der Waals surface area (Å²) in [7, 11) is 0. The number of carboxylic acids is 1. The Hall–Kier alpha value is -1.65. The van der Waals surface area contributed by atoms with E-state index in [2.05, 4.69) is 48.4 Å². The third-order valence-electron chi connectivity index (χ3n) is 4.28. The Labute approximate surface area is 135 Å². The number of likely N-dealkylation sites (tertiary alicyclic amines) is 1. The molecular weight excluding hydrogens is 294 g/mol. The van der Waals surface area contributed by atoms with E-state index in [0.717, 1.165) is 19.4 Å². The van der Waals surface area contributed by atoms with Crippen LogP contribution < -0.4 is 0 Å². The number of benzene rings is 1. The van der Waals surface area contributed by atoms with E-state index >= 15 is 0 Å². The molecule has 0 saturated carbocycles. The van der Waals surface area contributed by atoms with Crippen LogP contribution in [0.2, 0.25) is 0 Å². The summed E-state index contributed by atoms with van der Waals surface area (Å²) in [4.78, 5) is 15.0. The van der Waals surface area contributed by atoms with Crippen molar-refractivity contribution in [2.75, 3.05) is 6.54 Å². The number of aliphatic carboxylic acids is 1. The first-order chi connectivity index (χ1) is 10.6. The Kier molecular flexibility index (Phi) is 4.32. The summed E-state index contributed by atoms with van der Waals surface area (Å²) in [6, 6.07) is 10.4. The van der Waals surface area contributed by atoms with Crippen LogP contribution in [0.4, 0.5) is 0 Å². The van der Waals surface area contributed by atoms with Crippen molar-refractivity contribution in [2.24, 2.45) is 0 Å². The lowest BCUT2D eigenvalue weighted by Crippen LogP contribution is -2.39. The van der Waals surface area contributed by atoms with Crippen LogP contribution in [0.3, 0.4) is 0 Å². The summed E-state index contributed by atoms with van der Waals surface area (Å²) in [5, 5.41) is 11.6. The van der Waals surface area contributed by atoms with Gasteiger partial charge in [-0.2, -0.15) is 0 Å². The third-order valence-corrected chi connectivity index (χ3v) is 5.21. The van der Waals surface area contributed by atoms with E-state index in [-0.39, 0.29) is 12.1 Å². The zero-order valence-corrected chi connectivity index (χ0v) is 13.8. The Balaban J connectivity index is 2.06. The molecule has 2 heterocycles. The molecule has 2 aromatic rings. The van der Waals surface area contributed by atoms with E-state index in [0.29, 0.717) is 0 Å². The van der Waals surface area contributed by atoms with Gasteiger partial charge in [0.1, 0.15) is 6.04 Å². The monoisotopic (exact) mass is 315 g/mol. The average molecular weight is 315 g/mol. The topological polar surface area (TPSA) is 40.5 Å². The van der Waals surface area contributed by atoms with Crippen molar-refractivity contribution in [3.8, 4) is 0 Å². The number of nitrogens with zero attached hydrogens (tertiary/aromatic N) is 1. The largest absolute Gasteiger partial charge is 0.480 e. The summed E-state index contributed by atoms with van der Waals surface area (Å²) in [5.41, 5.74) is 3.65. The first-order valence-electron chi connectivity index (χ1n) is 7.66. The summed E-state index contributed by atoms with van der Waals surface area (Å²) in [6.07, 6.45) is 1.69. The Morgan fingerprint density at radius 3 is 2.64 bits per heavy atom. The minimum absolute atomic E-state index is 0.0437. The molecule has 1 fully saturated rings. The second-order valence-corrected chi connectivity index (χ2v) is 7.05. The van der Waals surface area contributed by atoms with Gasteiger partial charge in [0, 0.05) is 11.4 Å². The minimum atomic E-state index is -0.705. The Morgan fingerprint density at radius 2 is 2.05 bits per heavy atom. The maximum atomic E-state index is 11.6. The SMILES string of the molecule is Cc1cc(C)cc(C(c2cccs2)N2CCCC2C(=O)O)c1. The van der Waals surface area contributed by atoms with E-state index in [9.17, 15) is 9.90 Å². The molecule has 1 aromatic heterocycles. The molecule has 116 valence electrons. The van der Waals surface area contributed by atoms with Crippen LogP contribution in [0.5, 0.6) is 0 Å². The average Bonchev–Trinajstić information content (AvgIpc) is 3.09. The number of rotatable bonds is 4. The smallest absolute Gasteiger partial charge is 0.320 e. The van der Waals surface area contributed by atoms with Gasteiger partial charge in [-0.05, 0) is 43.7 Å². The zero-order valence-electron chi connectivity index (χ0n) is 13.0. The van der Waals surface area contributed by atoms with Crippen LogP contribution in [-0.2, 0) is 4.79 Å². The maximum Gasteiger partial charge on any atom is 0.320 e. The van der Waals surface area contributed by atoms with Crippen molar-refractivity contribution in [3.05, 3.63) is 57.3 Å². The lowest BCUT2D eigenvalue weighted by molar-refractivity contribution is -0.142. The van der Waals surface area contributed by atoms with Crippen molar-refractivity contribution in [1.29, 1.82) is 0 Å². The fraction of sp³-hybridized carbons (Fsp3) is 0.389. The standard InChI is InChI=1S/C18H21NO2S/c1-12-9-13(2)11-14(10-12)17(16-6-4-8-22-16)19-7-3-5-15(19)18(20)21/h4,6,8-11,15,17H,3,5,7H2,1-2H3,(H,20,21). The zero-order chi connectivity index (χ0) is 15.7. The highest BCUT2D eigenvalue weighted by Crippen LogP contribution is 2.37. The van der Waals surface area contributed by atoms with E-state index in [1.165, 1.54) is 21.6 Å². The second-order valence-electron chi connectivity index (χ2n) is 6.07. The molecule has 1 aliphatic rings. The molecule has 4 heteroatoms. The van der Waals surface area contributed by atoms with E-state index in [1.807, 2.05) is 6.07 Å². The normalized spacial score (nSPS) is 20.2. The minimum Gasteiger partial charge on any atom is -0.480 e. The number of thiophene rings is 1. The fourth-order valence-electron chi connectivity index (χ4n) is 3.50. The van der Waals surface area contributed by atoms with Gasteiger partial charge in [-0.1, -0.05) is 35.4 Å². The molecule has 22 heavy (non-hydrogen) atoms. The van der Waals surface area contributed by atoms with Crippen molar-refractivity contribution in [2.45, 2.75) is 38.8 Å². The number of carboxylic acid groups (broad SMARTS) is 1. The maximum absolute atomic E-state index is 11.6. The van der Waals surface area contributed by atoms with Gasteiger partial charge < -0.3 is 5.11 Å². The number of hydrogen-bond acceptors (Lipinski definition) is 3. The van der Waals surface area contributed by atoms with Gasteiger partial charge in [0.2, 0.25) is 0 Å². The highest BCUT2D eigenvalue weighted by molar-refractivity contribution is 7.10. The van der Waals surface area contributed by atoms with Gasteiger partial charge in [0.25, 0.3) is 0 Å². The van der Waals surface area contributed by atoms with Gasteiger partial charge in [0.15, 0.2) is 0 Å². The Morgan fingerprint density at radius 1 is 1.32 bits per heavy atom. The summed E-state index contributed by atoms with van der Waals surface area (Å²) in [5.74, 6) is -0.705. The lowest BCUT2D eigenvalue weighted by Gasteiger charge is -2.31. The fourth-order valence-corrected chi connectivity index (χ4v) is 4.37. The van der Waals surface area contributed by atoms with Crippen LogP contribution in [0.25, 0.3) is 0 Å². The van der Waals surface area contributed by atoms with Gasteiger partial charge >= 0.3 is 5.97 Å². The molecule has 0 aliphatic carbocycles. The van der Waals surface area contributed by atoms with Gasteiger partial charge in [-0.15, -0.1) is 11.3 Å². The van der Waals surface area contributed by atoms with E-state index < -0.39 is 5.97 Å². The molecule has 3 nitrogen and oxygen atoms in total. The first-order valence-corrected chi connectivity index (χ1v) is 8.54. The highest BCUT2D eigenvalue weighted by atomic mass is 32.1.